The summed E-state index contributed by atoms with van der Waals surface area (Å²) in [5.41, 5.74) is 0. The molecule has 1 aliphatic heterocycles. The highest BCUT2D eigenvalue weighted by Gasteiger charge is 2.38. The maximum absolute atomic E-state index is 12.0. The van der Waals surface area contributed by atoms with Crippen LogP contribution in [0.5, 0.6) is 0 Å². The lowest BCUT2D eigenvalue weighted by molar-refractivity contribution is -0.131. The van der Waals surface area contributed by atoms with Gasteiger partial charge in [0, 0.05) is 6.04 Å². The van der Waals surface area contributed by atoms with Gasteiger partial charge >= 0.3 is 0 Å². The van der Waals surface area contributed by atoms with Crippen molar-refractivity contribution in [1.82, 2.24) is 10.2 Å². The van der Waals surface area contributed by atoms with E-state index in [4.69, 9.17) is 0 Å². The van der Waals surface area contributed by atoms with Gasteiger partial charge in [-0.1, -0.05) is 27.2 Å². The Balaban J connectivity index is 1.98. The average molecular weight is 238 g/mol. The number of hydrogen-bond donors (Lipinski definition) is 1. The maximum Gasteiger partial charge on any atom is 0.238 e. The second-order valence-corrected chi connectivity index (χ2v) is 5.95. The molecule has 3 nitrogen and oxygen atoms in total. The molecule has 1 aliphatic carbocycles. The van der Waals surface area contributed by atoms with Gasteiger partial charge in [0.2, 0.25) is 5.91 Å². The Bertz CT molecular complexity index is 269. The molecule has 0 aromatic heterocycles. The molecule has 1 heterocycles. The minimum absolute atomic E-state index is 0.269. The Morgan fingerprint density at radius 1 is 1.29 bits per heavy atom. The Labute approximate surface area is 105 Å². The van der Waals surface area contributed by atoms with E-state index in [2.05, 4.69) is 31.0 Å². The first-order chi connectivity index (χ1) is 8.13. The van der Waals surface area contributed by atoms with Gasteiger partial charge in [-0.2, -0.15) is 0 Å². The monoisotopic (exact) mass is 238 g/mol. The molecule has 0 bridgehead atoms. The topological polar surface area (TPSA) is 32.3 Å². The second-order valence-electron chi connectivity index (χ2n) is 5.95. The molecular weight excluding hydrogens is 212 g/mol. The standard InChI is InChI=1S/C14H26N2O/c1-4-11-5-7-12(8-6-11)16-13(17)9-15-14(16)10(2)3/h10-12,14-15H,4-9H2,1-3H3. The SMILES string of the molecule is CCC1CCC(N2C(=O)CNC2C(C)C)CC1. The summed E-state index contributed by atoms with van der Waals surface area (Å²) in [6.45, 7) is 7.21. The number of nitrogens with one attached hydrogen (secondary N) is 1. The van der Waals surface area contributed by atoms with Gasteiger partial charge in [-0.05, 0) is 37.5 Å². The Morgan fingerprint density at radius 3 is 2.47 bits per heavy atom. The molecule has 0 radical (unpaired) electrons. The molecule has 1 saturated carbocycles. The molecule has 1 unspecified atom stereocenters. The number of hydrogen-bond acceptors (Lipinski definition) is 2. The summed E-state index contributed by atoms with van der Waals surface area (Å²) < 4.78 is 0. The van der Waals surface area contributed by atoms with E-state index < -0.39 is 0 Å². The van der Waals surface area contributed by atoms with Crippen molar-refractivity contribution in [2.24, 2.45) is 11.8 Å². The van der Waals surface area contributed by atoms with Crippen molar-refractivity contribution < 1.29 is 4.79 Å². The fourth-order valence-corrected chi connectivity index (χ4v) is 3.36. The van der Waals surface area contributed by atoms with E-state index in [9.17, 15) is 4.79 Å². The summed E-state index contributed by atoms with van der Waals surface area (Å²) in [6, 6.07) is 0.493. The molecular formula is C14H26N2O. The number of carbonyl (C=O) groups excluding carboxylic acids is 1. The molecule has 17 heavy (non-hydrogen) atoms. The van der Waals surface area contributed by atoms with Gasteiger partial charge in [0.25, 0.3) is 0 Å². The fourth-order valence-electron chi connectivity index (χ4n) is 3.36. The highest BCUT2D eigenvalue weighted by Crippen LogP contribution is 2.32. The van der Waals surface area contributed by atoms with E-state index in [0.29, 0.717) is 24.4 Å². The van der Waals surface area contributed by atoms with Gasteiger partial charge in [-0.25, -0.2) is 0 Å². The smallest absolute Gasteiger partial charge is 0.238 e. The first-order valence-electron chi connectivity index (χ1n) is 7.18. The quantitative estimate of drug-likeness (QED) is 0.818. The number of nitrogens with zero attached hydrogens (tertiary/aromatic N) is 1. The van der Waals surface area contributed by atoms with E-state index >= 15 is 0 Å². The summed E-state index contributed by atoms with van der Waals surface area (Å²) >= 11 is 0. The summed E-state index contributed by atoms with van der Waals surface area (Å²) in [7, 11) is 0. The zero-order valence-electron chi connectivity index (χ0n) is 11.4. The predicted molar refractivity (Wildman–Crippen MR) is 69.5 cm³/mol. The largest absolute Gasteiger partial charge is 0.323 e. The normalized spacial score (nSPS) is 34.7. The third-order valence-corrected chi connectivity index (χ3v) is 4.47. The van der Waals surface area contributed by atoms with Gasteiger partial charge in [0.15, 0.2) is 0 Å². The lowest BCUT2D eigenvalue weighted by Gasteiger charge is -2.38. The highest BCUT2D eigenvalue weighted by atomic mass is 16.2. The van der Waals surface area contributed by atoms with Crippen LogP contribution in [0.3, 0.4) is 0 Å². The van der Waals surface area contributed by atoms with Crippen molar-refractivity contribution in [3.05, 3.63) is 0 Å². The highest BCUT2D eigenvalue weighted by molar-refractivity contribution is 5.81. The predicted octanol–water partition coefficient (Wildman–Crippen LogP) is 2.37. The van der Waals surface area contributed by atoms with Crippen LogP contribution in [0.1, 0.15) is 52.9 Å². The number of carbonyl (C=O) groups is 1. The number of amides is 1. The molecule has 0 aromatic rings. The van der Waals surface area contributed by atoms with Crippen LogP contribution in [0.4, 0.5) is 0 Å². The van der Waals surface area contributed by atoms with Crippen LogP contribution in [-0.4, -0.2) is 29.6 Å². The molecule has 1 amide bonds. The van der Waals surface area contributed by atoms with Crippen molar-refractivity contribution in [3.63, 3.8) is 0 Å². The molecule has 1 atom stereocenters. The van der Waals surface area contributed by atoms with Crippen molar-refractivity contribution in [1.29, 1.82) is 0 Å². The van der Waals surface area contributed by atoms with Crippen LogP contribution in [0.2, 0.25) is 0 Å². The van der Waals surface area contributed by atoms with Crippen LogP contribution >= 0.6 is 0 Å². The first kappa shape index (κ1) is 12.9. The minimum atomic E-state index is 0.269. The van der Waals surface area contributed by atoms with E-state index in [0.717, 1.165) is 5.92 Å². The van der Waals surface area contributed by atoms with Crippen LogP contribution in [0, 0.1) is 11.8 Å². The van der Waals surface area contributed by atoms with Crippen LogP contribution in [0.15, 0.2) is 0 Å². The zero-order valence-corrected chi connectivity index (χ0v) is 11.4. The van der Waals surface area contributed by atoms with Crippen molar-refractivity contribution >= 4 is 5.91 Å². The first-order valence-corrected chi connectivity index (χ1v) is 7.18. The fraction of sp³-hybridized carbons (Fsp3) is 0.929. The number of rotatable bonds is 3. The summed E-state index contributed by atoms with van der Waals surface area (Å²) in [5, 5.41) is 3.35. The molecule has 2 fully saturated rings. The third kappa shape index (κ3) is 2.65. The van der Waals surface area contributed by atoms with Crippen LogP contribution in [0.25, 0.3) is 0 Å². The Hall–Kier alpha value is -0.570. The van der Waals surface area contributed by atoms with E-state index in [1.807, 2.05) is 0 Å². The van der Waals surface area contributed by atoms with Gasteiger partial charge < -0.3 is 4.90 Å². The van der Waals surface area contributed by atoms with Crippen molar-refractivity contribution in [2.75, 3.05) is 6.54 Å². The summed E-state index contributed by atoms with van der Waals surface area (Å²) in [6.07, 6.45) is 6.58. The molecule has 98 valence electrons. The minimum Gasteiger partial charge on any atom is -0.323 e. The summed E-state index contributed by atoms with van der Waals surface area (Å²) in [4.78, 5) is 14.2. The van der Waals surface area contributed by atoms with Crippen molar-refractivity contribution in [2.45, 2.75) is 65.1 Å². The van der Waals surface area contributed by atoms with Gasteiger partial charge in [0.05, 0.1) is 12.7 Å². The average Bonchev–Trinajstić information content (AvgIpc) is 2.71. The molecule has 1 saturated heterocycles. The zero-order chi connectivity index (χ0) is 12.4. The molecule has 1 N–H and O–H groups in total. The third-order valence-electron chi connectivity index (χ3n) is 4.47. The molecule has 2 rings (SSSR count). The Kier molecular flexibility index (Phi) is 4.08. The molecule has 0 spiro atoms. The lowest BCUT2D eigenvalue weighted by atomic mass is 9.83. The second kappa shape index (κ2) is 5.38. The molecule has 0 aromatic carbocycles. The van der Waals surface area contributed by atoms with Crippen LogP contribution < -0.4 is 5.32 Å². The molecule has 2 aliphatic rings. The van der Waals surface area contributed by atoms with Gasteiger partial charge in [0.1, 0.15) is 0 Å². The van der Waals surface area contributed by atoms with E-state index in [1.165, 1.54) is 32.1 Å². The van der Waals surface area contributed by atoms with E-state index in [1.54, 1.807) is 0 Å². The summed E-state index contributed by atoms with van der Waals surface area (Å²) in [5.74, 6) is 1.71. The molecule has 3 heteroatoms. The van der Waals surface area contributed by atoms with Crippen molar-refractivity contribution in [3.8, 4) is 0 Å². The van der Waals surface area contributed by atoms with Crippen LogP contribution in [-0.2, 0) is 4.79 Å². The maximum atomic E-state index is 12.0. The Morgan fingerprint density at radius 2 is 1.94 bits per heavy atom. The lowest BCUT2D eigenvalue weighted by Crippen LogP contribution is -2.48. The van der Waals surface area contributed by atoms with E-state index in [-0.39, 0.29) is 6.17 Å². The van der Waals surface area contributed by atoms with Gasteiger partial charge in [-0.3, -0.25) is 10.1 Å². The van der Waals surface area contributed by atoms with Gasteiger partial charge in [-0.15, -0.1) is 0 Å².